The number of benzene rings is 1. The summed E-state index contributed by atoms with van der Waals surface area (Å²) in [4.78, 5) is 13.2. The monoisotopic (exact) mass is 333 g/mol. The number of nitrogens with two attached hydrogens (primary N) is 1. The number of hydrogen-bond donors (Lipinski definition) is 2. The summed E-state index contributed by atoms with van der Waals surface area (Å²) in [5, 5.41) is 2.61. The van der Waals surface area contributed by atoms with E-state index in [0.717, 1.165) is 14.9 Å². The molecule has 0 fully saturated rings. The van der Waals surface area contributed by atoms with Crippen molar-refractivity contribution in [1.29, 1.82) is 0 Å². The molecule has 5 heteroatoms. The number of anilines is 2. The zero-order chi connectivity index (χ0) is 12.1. The Morgan fingerprint density at radius 2 is 2.25 bits per heavy atom. The molecular weight excluding hydrogens is 317 g/mol. The average Bonchev–Trinajstić information content (AvgIpc) is 2.25. The fraction of sp³-hybridized carbons (Fsp3) is 0.364. The van der Waals surface area contributed by atoms with Gasteiger partial charge in [0.25, 0.3) is 0 Å². The standard InChI is InChI=1S/C11H16IN3O/c1-14-11(16)5-6-15(2)10-4-3-8(13)7-9(10)12/h3-4,7H,5-6,13H2,1-2H3,(H,14,16). The van der Waals surface area contributed by atoms with Gasteiger partial charge in [0.05, 0.1) is 5.69 Å². The lowest BCUT2D eigenvalue weighted by molar-refractivity contribution is -0.120. The molecule has 0 aliphatic carbocycles. The third-order valence-electron chi connectivity index (χ3n) is 2.34. The summed E-state index contributed by atoms with van der Waals surface area (Å²) in [6.07, 6.45) is 0.494. The van der Waals surface area contributed by atoms with E-state index < -0.39 is 0 Å². The smallest absolute Gasteiger partial charge is 0.221 e. The average molecular weight is 333 g/mol. The number of hydrogen-bond acceptors (Lipinski definition) is 3. The third kappa shape index (κ3) is 3.55. The van der Waals surface area contributed by atoms with Crippen LogP contribution < -0.4 is 16.0 Å². The van der Waals surface area contributed by atoms with Gasteiger partial charge in [-0.25, -0.2) is 0 Å². The van der Waals surface area contributed by atoms with Crippen molar-refractivity contribution < 1.29 is 4.79 Å². The zero-order valence-electron chi connectivity index (χ0n) is 9.46. The minimum absolute atomic E-state index is 0.0531. The summed E-state index contributed by atoms with van der Waals surface area (Å²) in [6.45, 7) is 0.694. The third-order valence-corrected chi connectivity index (χ3v) is 3.20. The highest BCUT2D eigenvalue weighted by atomic mass is 127. The summed E-state index contributed by atoms with van der Waals surface area (Å²) in [6, 6.07) is 5.77. The van der Waals surface area contributed by atoms with E-state index in [-0.39, 0.29) is 5.91 Å². The number of carbonyl (C=O) groups is 1. The molecule has 1 aromatic rings. The van der Waals surface area contributed by atoms with Crippen LogP contribution in [0.1, 0.15) is 6.42 Å². The van der Waals surface area contributed by atoms with E-state index in [1.165, 1.54) is 0 Å². The quantitative estimate of drug-likeness (QED) is 0.648. The Kier molecular flexibility index (Phi) is 4.85. The Morgan fingerprint density at radius 3 is 2.81 bits per heavy atom. The highest BCUT2D eigenvalue weighted by molar-refractivity contribution is 14.1. The van der Waals surface area contributed by atoms with Crippen LogP contribution in [-0.2, 0) is 4.79 Å². The number of halogens is 1. The molecule has 0 aromatic heterocycles. The van der Waals surface area contributed by atoms with Gasteiger partial charge >= 0.3 is 0 Å². The van der Waals surface area contributed by atoms with Crippen LogP contribution in [0.5, 0.6) is 0 Å². The molecule has 4 nitrogen and oxygen atoms in total. The lowest BCUT2D eigenvalue weighted by Crippen LogP contribution is -2.26. The molecule has 0 saturated carbocycles. The van der Waals surface area contributed by atoms with Gasteiger partial charge in [0, 0.05) is 36.3 Å². The topological polar surface area (TPSA) is 58.4 Å². The number of amides is 1. The molecule has 0 saturated heterocycles. The number of nitrogens with zero attached hydrogens (tertiary/aromatic N) is 1. The first kappa shape index (κ1) is 13.1. The lowest BCUT2D eigenvalue weighted by atomic mass is 10.2. The molecular formula is C11H16IN3O. The van der Waals surface area contributed by atoms with Crippen molar-refractivity contribution >= 4 is 39.9 Å². The normalized spacial score (nSPS) is 9.94. The van der Waals surface area contributed by atoms with Crippen LogP contribution >= 0.6 is 22.6 Å². The molecule has 0 bridgehead atoms. The van der Waals surface area contributed by atoms with E-state index in [2.05, 4.69) is 32.8 Å². The second-order valence-corrected chi connectivity index (χ2v) is 4.72. The predicted octanol–water partition coefficient (Wildman–Crippen LogP) is 1.45. The molecule has 1 rings (SSSR count). The van der Waals surface area contributed by atoms with E-state index in [9.17, 15) is 4.79 Å². The largest absolute Gasteiger partial charge is 0.399 e. The highest BCUT2D eigenvalue weighted by Crippen LogP contribution is 2.23. The highest BCUT2D eigenvalue weighted by Gasteiger charge is 2.07. The van der Waals surface area contributed by atoms with Crippen molar-refractivity contribution in [3.8, 4) is 0 Å². The van der Waals surface area contributed by atoms with Crippen LogP contribution in [0.15, 0.2) is 18.2 Å². The van der Waals surface area contributed by atoms with Gasteiger partial charge in [0.2, 0.25) is 5.91 Å². The number of nitrogen functional groups attached to an aromatic ring is 1. The summed E-state index contributed by atoms with van der Waals surface area (Å²) >= 11 is 2.25. The van der Waals surface area contributed by atoms with Crippen molar-refractivity contribution in [2.75, 3.05) is 31.3 Å². The summed E-state index contributed by atoms with van der Waals surface area (Å²) in [5.41, 5.74) is 7.54. The first-order chi connectivity index (χ1) is 7.54. The molecule has 0 heterocycles. The van der Waals surface area contributed by atoms with Crippen LogP contribution in [0.25, 0.3) is 0 Å². The molecule has 1 aromatic carbocycles. The second kappa shape index (κ2) is 5.93. The van der Waals surface area contributed by atoms with Gasteiger partial charge in [-0.05, 0) is 40.8 Å². The Morgan fingerprint density at radius 1 is 1.56 bits per heavy atom. The summed E-state index contributed by atoms with van der Waals surface area (Å²) in [5.74, 6) is 0.0531. The van der Waals surface area contributed by atoms with E-state index in [4.69, 9.17) is 5.73 Å². The molecule has 1 amide bonds. The van der Waals surface area contributed by atoms with Crippen LogP contribution in [-0.4, -0.2) is 26.5 Å². The van der Waals surface area contributed by atoms with Crippen molar-refractivity contribution in [2.45, 2.75) is 6.42 Å². The number of rotatable bonds is 4. The fourth-order valence-electron chi connectivity index (χ4n) is 1.35. The van der Waals surface area contributed by atoms with Crippen molar-refractivity contribution in [1.82, 2.24) is 5.32 Å². The van der Waals surface area contributed by atoms with Gasteiger partial charge < -0.3 is 16.0 Å². The minimum Gasteiger partial charge on any atom is -0.399 e. The molecule has 0 radical (unpaired) electrons. The maximum absolute atomic E-state index is 11.1. The van der Waals surface area contributed by atoms with Gasteiger partial charge in [-0.15, -0.1) is 0 Å². The summed E-state index contributed by atoms with van der Waals surface area (Å²) < 4.78 is 1.09. The molecule has 0 atom stereocenters. The molecule has 0 aliphatic rings. The molecule has 3 N–H and O–H groups in total. The van der Waals surface area contributed by atoms with Gasteiger partial charge in [-0.1, -0.05) is 0 Å². The molecule has 0 spiro atoms. The fourth-order valence-corrected chi connectivity index (χ4v) is 2.30. The number of carbonyl (C=O) groups excluding carboxylic acids is 1. The van der Waals surface area contributed by atoms with Crippen molar-refractivity contribution in [2.24, 2.45) is 0 Å². The number of nitrogens with one attached hydrogen (secondary N) is 1. The van der Waals surface area contributed by atoms with E-state index in [1.807, 2.05) is 25.2 Å². The maximum atomic E-state index is 11.1. The molecule has 0 unspecified atom stereocenters. The zero-order valence-corrected chi connectivity index (χ0v) is 11.6. The van der Waals surface area contributed by atoms with Crippen LogP contribution in [0.4, 0.5) is 11.4 Å². The van der Waals surface area contributed by atoms with E-state index in [0.29, 0.717) is 13.0 Å². The van der Waals surface area contributed by atoms with Gasteiger partial charge in [0.15, 0.2) is 0 Å². The Bertz CT molecular complexity index is 381. The minimum atomic E-state index is 0.0531. The molecule has 88 valence electrons. The maximum Gasteiger partial charge on any atom is 0.221 e. The van der Waals surface area contributed by atoms with Crippen molar-refractivity contribution in [3.63, 3.8) is 0 Å². The van der Waals surface area contributed by atoms with E-state index >= 15 is 0 Å². The Labute approximate surface area is 109 Å². The van der Waals surface area contributed by atoms with Gasteiger partial charge in [-0.2, -0.15) is 0 Å². The Hall–Kier alpha value is -0.980. The van der Waals surface area contributed by atoms with Crippen molar-refractivity contribution in [3.05, 3.63) is 21.8 Å². The first-order valence-corrected chi connectivity index (χ1v) is 6.09. The van der Waals surface area contributed by atoms with Crippen LogP contribution in [0.3, 0.4) is 0 Å². The lowest BCUT2D eigenvalue weighted by Gasteiger charge is -2.20. The molecule has 16 heavy (non-hydrogen) atoms. The van der Waals surface area contributed by atoms with E-state index in [1.54, 1.807) is 7.05 Å². The van der Waals surface area contributed by atoms with Gasteiger partial charge in [-0.3, -0.25) is 4.79 Å². The second-order valence-electron chi connectivity index (χ2n) is 3.56. The molecule has 0 aliphatic heterocycles. The van der Waals surface area contributed by atoms with Crippen LogP contribution in [0.2, 0.25) is 0 Å². The van der Waals surface area contributed by atoms with Gasteiger partial charge in [0.1, 0.15) is 0 Å². The Balaban J connectivity index is 2.65. The SMILES string of the molecule is CNC(=O)CCN(C)c1ccc(N)cc1I. The van der Waals surface area contributed by atoms with Crippen LogP contribution in [0, 0.1) is 3.57 Å². The summed E-state index contributed by atoms with van der Waals surface area (Å²) in [7, 11) is 3.62. The predicted molar refractivity (Wildman–Crippen MR) is 75.5 cm³/mol. The first-order valence-electron chi connectivity index (χ1n) is 5.01.